The van der Waals surface area contributed by atoms with Crippen LogP contribution in [-0.2, 0) is 9.59 Å². The van der Waals surface area contributed by atoms with Crippen LogP contribution < -0.4 is 14.4 Å². The summed E-state index contributed by atoms with van der Waals surface area (Å²) in [6.45, 7) is 4.24. The second-order valence-corrected chi connectivity index (χ2v) is 8.29. The van der Waals surface area contributed by atoms with Gasteiger partial charge in [0.2, 0.25) is 0 Å². The second kappa shape index (κ2) is 9.61. The van der Waals surface area contributed by atoms with Crippen LogP contribution in [0.1, 0.15) is 29.7 Å². The third-order valence-corrected chi connectivity index (χ3v) is 5.86. The van der Waals surface area contributed by atoms with Crippen molar-refractivity contribution in [2.45, 2.75) is 19.9 Å². The van der Waals surface area contributed by atoms with Gasteiger partial charge in [0.1, 0.15) is 17.3 Å². The number of aryl methyl sites for hydroxylation is 1. The van der Waals surface area contributed by atoms with Crippen molar-refractivity contribution in [3.05, 3.63) is 94.0 Å². The Bertz CT molecular complexity index is 1300. The van der Waals surface area contributed by atoms with Gasteiger partial charge < -0.3 is 14.6 Å². The molecule has 34 heavy (non-hydrogen) atoms. The number of methoxy groups -OCH3 is 1. The number of aliphatic hydroxyl groups is 1. The maximum atomic E-state index is 13.4. The number of hydrogen-bond donors (Lipinski definition) is 1. The molecule has 3 aromatic carbocycles. The lowest BCUT2D eigenvalue weighted by molar-refractivity contribution is -0.132. The molecule has 1 aliphatic heterocycles. The SMILES string of the molecule is CCOc1cccc(C2/C(=C(\O)c3cc(Cl)ccc3OC)C(=O)C(=O)N2c2cccc(C)c2)c1. The maximum Gasteiger partial charge on any atom is 0.300 e. The second-order valence-electron chi connectivity index (χ2n) is 7.86. The lowest BCUT2D eigenvalue weighted by Crippen LogP contribution is -2.29. The van der Waals surface area contributed by atoms with E-state index in [0.717, 1.165) is 5.56 Å². The van der Waals surface area contributed by atoms with Crippen LogP contribution in [0.2, 0.25) is 5.02 Å². The van der Waals surface area contributed by atoms with Crippen LogP contribution >= 0.6 is 11.6 Å². The van der Waals surface area contributed by atoms with E-state index in [2.05, 4.69) is 0 Å². The maximum absolute atomic E-state index is 13.4. The summed E-state index contributed by atoms with van der Waals surface area (Å²) in [5.74, 6) is -0.979. The van der Waals surface area contributed by atoms with Crippen molar-refractivity contribution in [3.63, 3.8) is 0 Å². The number of hydrogen-bond acceptors (Lipinski definition) is 5. The topological polar surface area (TPSA) is 76.1 Å². The van der Waals surface area contributed by atoms with E-state index in [0.29, 0.717) is 34.4 Å². The monoisotopic (exact) mass is 477 g/mol. The van der Waals surface area contributed by atoms with Gasteiger partial charge in [0.25, 0.3) is 11.7 Å². The number of carbonyl (C=O) groups is 2. The summed E-state index contributed by atoms with van der Waals surface area (Å²) in [5, 5.41) is 11.7. The number of rotatable bonds is 6. The van der Waals surface area contributed by atoms with E-state index >= 15 is 0 Å². The van der Waals surface area contributed by atoms with Crippen LogP contribution in [0.4, 0.5) is 5.69 Å². The molecule has 0 radical (unpaired) electrons. The minimum atomic E-state index is -0.883. The highest BCUT2D eigenvalue weighted by atomic mass is 35.5. The molecule has 0 aliphatic carbocycles. The molecule has 3 aromatic rings. The summed E-state index contributed by atoms with van der Waals surface area (Å²) in [4.78, 5) is 28.1. The van der Waals surface area contributed by atoms with Crippen molar-refractivity contribution in [2.24, 2.45) is 0 Å². The van der Waals surface area contributed by atoms with Gasteiger partial charge in [-0.15, -0.1) is 0 Å². The van der Waals surface area contributed by atoms with Crippen LogP contribution in [0.5, 0.6) is 11.5 Å². The number of ether oxygens (including phenoxy) is 2. The smallest absolute Gasteiger partial charge is 0.300 e. The average Bonchev–Trinajstić information content (AvgIpc) is 3.09. The van der Waals surface area contributed by atoms with Gasteiger partial charge >= 0.3 is 0 Å². The Balaban J connectivity index is 1.99. The number of amides is 1. The van der Waals surface area contributed by atoms with E-state index in [1.165, 1.54) is 18.1 Å². The highest BCUT2D eigenvalue weighted by Gasteiger charge is 2.47. The number of anilines is 1. The van der Waals surface area contributed by atoms with Crippen molar-refractivity contribution in [1.29, 1.82) is 0 Å². The van der Waals surface area contributed by atoms with E-state index in [4.69, 9.17) is 21.1 Å². The number of nitrogens with zero attached hydrogens (tertiary/aromatic N) is 1. The first-order valence-corrected chi connectivity index (χ1v) is 11.2. The van der Waals surface area contributed by atoms with E-state index in [9.17, 15) is 14.7 Å². The van der Waals surface area contributed by atoms with Crippen LogP contribution in [0.3, 0.4) is 0 Å². The average molecular weight is 478 g/mol. The molecule has 0 spiro atoms. The Hall–Kier alpha value is -3.77. The molecular weight excluding hydrogens is 454 g/mol. The van der Waals surface area contributed by atoms with Gasteiger partial charge in [-0.05, 0) is 67.4 Å². The molecule has 1 atom stereocenters. The van der Waals surface area contributed by atoms with Crippen molar-refractivity contribution >= 4 is 34.7 Å². The minimum Gasteiger partial charge on any atom is -0.507 e. The molecule has 1 fully saturated rings. The molecule has 1 amide bonds. The summed E-state index contributed by atoms with van der Waals surface area (Å²) in [6, 6.07) is 18.3. The zero-order valence-corrected chi connectivity index (χ0v) is 19.8. The largest absolute Gasteiger partial charge is 0.507 e. The van der Waals surface area contributed by atoms with Gasteiger partial charge in [0.05, 0.1) is 30.9 Å². The van der Waals surface area contributed by atoms with Gasteiger partial charge in [-0.1, -0.05) is 35.9 Å². The van der Waals surface area contributed by atoms with Crippen LogP contribution in [0.15, 0.2) is 72.3 Å². The number of halogens is 1. The summed E-state index contributed by atoms with van der Waals surface area (Å²) < 4.78 is 11.0. The molecule has 1 saturated heterocycles. The van der Waals surface area contributed by atoms with Gasteiger partial charge in [-0.3, -0.25) is 14.5 Å². The first-order chi connectivity index (χ1) is 16.3. The predicted molar refractivity (Wildman–Crippen MR) is 132 cm³/mol. The first kappa shape index (κ1) is 23.4. The van der Waals surface area contributed by atoms with Crippen LogP contribution in [-0.4, -0.2) is 30.5 Å². The zero-order chi connectivity index (χ0) is 24.4. The fourth-order valence-electron chi connectivity index (χ4n) is 4.14. The fourth-order valence-corrected chi connectivity index (χ4v) is 4.32. The summed E-state index contributed by atoms with van der Waals surface area (Å²) in [7, 11) is 1.45. The minimum absolute atomic E-state index is 0.0549. The van der Waals surface area contributed by atoms with Gasteiger partial charge in [-0.2, -0.15) is 0 Å². The Morgan fingerprint density at radius 3 is 2.53 bits per heavy atom. The molecule has 6 nitrogen and oxygen atoms in total. The summed E-state index contributed by atoms with van der Waals surface area (Å²) in [5.41, 5.74) is 2.27. The normalized spacial score (nSPS) is 17.2. The molecule has 1 heterocycles. The van der Waals surface area contributed by atoms with Crippen molar-refractivity contribution in [2.75, 3.05) is 18.6 Å². The summed E-state index contributed by atoms with van der Waals surface area (Å²) >= 11 is 6.17. The fraction of sp³-hybridized carbons (Fsp3) is 0.185. The first-order valence-electron chi connectivity index (χ1n) is 10.8. The summed E-state index contributed by atoms with van der Waals surface area (Å²) in [6.07, 6.45) is 0. The van der Waals surface area contributed by atoms with E-state index < -0.39 is 17.7 Å². The Kier molecular flexibility index (Phi) is 6.61. The molecule has 1 N–H and O–H groups in total. The highest BCUT2D eigenvalue weighted by Crippen LogP contribution is 2.44. The lowest BCUT2D eigenvalue weighted by atomic mass is 9.94. The number of ketones is 1. The van der Waals surface area contributed by atoms with Gasteiger partial charge in [0, 0.05) is 10.7 Å². The molecule has 0 saturated carbocycles. The third kappa shape index (κ3) is 4.24. The standard InChI is InChI=1S/C27H24ClNO5/c1-4-34-20-10-6-8-17(14-20)24-23(25(30)21-15-18(28)11-12-22(21)33-3)26(31)27(32)29(24)19-9-5-7-16(2)13-19/h5-15,24,30H,4H2,1-3H3/b25-23+. The quantitative estimate of drug-likeness (QED) is 0.281. The van der Waals surface area contributed by atoms with E-state index in [1.807, 2.05) is 32.0 Å². The molecule has 4 rings (SSSR count). The van der Waals surface area contributed by atoms with E-state index in [1.54, 1.807) is 42.5 Å². The molecular formula is C27H24ClNO5. The lowest BCUT2D eigenvalue weighted by Gasteiger charge is -2.26. The third-order valence-electron chi connectivity index (χ3n) is 5.63. The number of benzene rings is 3. The van der Waals surface area contributed by atoms with Crippen LogP contribution in [0.25, 0.3) is 5.76 Å². The van der Waals surface area contributed by atoms with Crippen LogP contribution in [0, 0.1) is 6.92 Å². The zero-order valence-electron chi connectivity index (χ0n) is 19.0. The Morgan fingerprint density at radius 1 is 1.06 bits per heavy atom. The van der Waals surface area contributed by atoms with Crippen molar-refractivity contribution in [3.8, 4) is 11.5 Å². The molecule has 0 aromatic heterocycles. The predicted octanol–water partition coefficient (Wildman–Crippen LogP) is 5.68. The number of Topliss-reactive ketones (excluding diaryl/α,β-unsaturated/α-hetero) is 1. The molecule has 7 heteroatoms. The Labute approximate surface area is 203 Å². The van der Waals surface area contributed by atoms with Gasteiger partial charge in [0.15, 0.2) is 0 Å². The molecule has 1 unspecified atom stereocenters. The van der Waals surface area contributed by atoms with Gasteiger partial charge in [-0.25, -0.2) is 0 Å². The van der Waals surface area contributed by atoms with E-state index in [-0.39, 0.29) is 16.9 Å². The molecule has 1 aliphatic rings. The number of aliphatic hydroxyl groups excluding tert-OH is 1. The Morgan fingerprint density at radius 2 is 1.82 bits per heavy atom. The van der Waals surface area contributed by atoms with Crippen molar-refractivity contribution in [1.82, 2.24) is 0 Å². The van der Waals surface area contributed by atoms with Crippen molar-refractivity contribution < 1.29 is 24.2 Å². The number of carbonyl (C=O) groups excluding carboxylic acids is 2. The highest BCUT2D eigenvalue weighted by molar-refractivity contribution is 6.51. The molecule has 0 bridgehead atoms. The molecule has 174 valence electrons.